The van der Waals surface area contributed by atoms with Gasteiger partial charge in [-0.3, -0.25) is 9.78 Å². The molecule has 5 rings (SSSR count). The van der Waals surface area contributed by atoms with Crippen LogP contribution in [0.2, 0.25) is 0 Å². The van der Waals surface area contributed by atoms with E-state index in [1.54, 1.807) is 18.5 Å². The Hall–Kier alpha value is -3.67. The van der Waals surface area contributed by atoms with Gasteiger partial charge in [0.2, 0.25) is 0 Å². The molecule has 1 aromatic heterocycles. The van der Waals surface area contributed by atoms with Crippen LogP contribution >= 0.6 is 0 Å². The molecule has 6 heteroatoms. The van der Waals surface area contributed by atoms with Crippen molar-refractivity contribution in [3.63, 3.8) is 0 Å². The summed E-state index contributed by atoms with van der Waals surface area (Å²) >= 11 is 0. The van der Waals surface area contributed by atoms with Crippen molar-refractivity contribution in [3.05, 3.63) is 89.7 Å². The molecule has 0 spiro atoms. The largest absolute Gasteiger partial charge is 0.481 e. The van der Waals surface area contributed by atoms with Crippen LogP contribution in [0.1, 0.15) is 35.4 Å². The fourth-order valence-corrected chi connectivity index (χ4v) is 4.84. The number of carboxylic acid groups (broad SMARTS) is 1. The van der Waals surface area contributed by atoms with Crippen LogP contribution in [-0.4, -0.2) is 28.8 Å². The van der Waals surface area contributed by atoms with E-state index in [2.05, 4.69) is 34.6 Å². The Balaban J connectivity index is 1.32. The van der Waals surface area contributed by atoms with Crippen molar-refractivity contribution < 1.29 is 19.4 Å². The third-order valence-corrected chi connectivity index (χ3v) is 6.44. The van der Waals surface area contributed by atoms with Crippen LogP contribution in [0.15, 0.2) is 73.1 Å². The highest BCUT2D eigenvalue weighted by molar-refractivity contribution is 5.79. The maximum Gasteiger partial charge on any atom is 0.407 e. The molecule has 156 valence electrons. The minimum atomic E-state index is -0.853. The third-order valence-electron chi connectivity index (χ3n) is 6.44. The van der Waals surface area contributed by atoms with Crippen molar-refractivity contribution >= 4 is 12.1 Å². The summed E-state index contributed by atoms with van der Waals surface area (Å²) in [5.41, 5.74) is 4.66. The molecule has 0 radical (unpaired) electrons. The first-order valence-corrected chi connectivity index (χ1v) is 10.3. The standard InChI is InChI=1S/C25H22N2O4/c28-23(29)16-12-25(13-16,17-6-5-11-26-14-17)27-24(30)31-15-22-20-9-3-1-7-18(20)19-8-2-4-10-21(19)22/h1-11,14,16,22H,12-13,15H2,(H,27,30)(H,28,29). The van der Waals surface area contributed by atoms with Crippen molar-refractivity contribution in [2.75, 3.05) is 6.61 Å². The van der Waals surface area contributed by atoms with E-state index in [-0.39, 0.29) is 12.5 Å². The van der Waals surface area contributed by atoms with Gasteiger partial charge in [0.05, 0.1) is 11.5 Å². The molecule has 31 heavy (non-hydrogen) atoms. The van der Waals surface area contributed by atoms with E-state index in [1.165, 1.54) is 11.1 Å². The number of hydrogen-bond acceptors (Lipinski definition) is 4. The van der Waals surface area contributed by atoms with E-state index in [0.717, 1.165) is 16.7 Å². The molecule has 0 unspecified atom stereocenters. The van der Waals surface area contributed by atoms with E-state index in [0.29, 0.717) is 12.8 Å². The predicted octanol–water partition coefficient (Wildman–Crippen LogP) is 4.31. The molecule has 0 saturated heterocycles. The summed E-state index contributed by atoms with van der Waals surface area (Å²) in [6, 6.07) is 20.0. The minimum absolute atomic E-state index is 0.0272. The number of rotatable bonds is 5. The monoisotopic (exact) mass is 414 g/mol. The van der Waals surface area contributed by atoms with Crippen LogP contribution in [0.25, 0.3) is 11.1 Å². The van der Waals surface area contributed by atoms with Gasteiger partial charge in [0, 0.05) is 18.3 Å². The van der Waals surface area contributed by atoms with Crippen LogP contribution in [0.3, 0.4) is 0 Å². The number of fused-ring (bicyclic) bond motifs is 3. The molecule has 1 heterocycles. The number of carboxylic acids is 1. The van der Waals surface area contributed by atoms with Crippen molar-refractivity contribution in [2.45, 2.75) is 24.3 Å². The fraction of sp³-hybridized carbons (Fsp3) is 0.240. The van der Waals surface area contributed by atoms with Crippen molar-refractivity contribution in [2.24, 2.45) is 5.92 Å². The number of carbonyl (C=O) groups excluding carboxylic acids is 1. The molecule has 1 amide bonds. The zero-order valence-electron chi connectivity index (χ0n) is 16.8. The lowest BCUT2D eigenvalue weighted by Crippen LogP contribution is -2.56. The molecule has 1 fully saturated rings. The molecule has 0 atom stereocenters. The van der Waals surface area contributed by atoms with E-state index in [9.17, 15) is 14.7 Å². The number of carbonyl (C=O) groups is 2. The van der Waals surface area contributed by atoms with Crippen molar-refractivity contribution in [1.82, 2.24) is 10.3 Å². The smallest absolute Gasteiger partial charge is 0.407 e. The van der Waals surface area contributed by atoms with Gasteiger partial charge in [0.25, 0.3) is 0 Å². The first-order valence-electron chi connectivity index (χ1n) is 10.3. The molecule has 2 aliphatic carbocycles. The summed E-state index contributed by atoms with van der Waals surface area (Å²) in [5.74, 6) is -1.37. The highest BCUT2D eigenvalue weighted by atomic mass is 16.5. The van der Waals surface area contributed by atoms with Crippen LogP contribution in [-0.2, 0) is 15.1 Å². The molecule has 3 aromatic rings. The van der Waals surface area contributed by atoms with Crippen LogP contribution < -0.4 is 5.32 Å². The molecule has 6 nitrogen and oxygen atoms in total. The highest BCUT2D eigenvalue weighted by Crippen LogP contribution is 2.46. The summed E-state index contributed by atoms with van der Waals surface area (Å²) in [4.78, 5) is 28.3. The Labute approximate surface area is 179 Å². The number of benzene rings is 2. The molecule has 2 aromatic carbocycles. The predicted molar refractivity (Wildman–Crippen MR) is 114 cm³/mol. The molecule has 2 aliphatic rings. The molecule has 2 N–H and O–H groups in total. The molecule has 0 bridgehead atoms. The number of aliphatic carboxylic acids is 1. The zero-order valence-corrected chi connectivity index (χ0v) is 16.8. The average molecular weight is 414 g/mol. The first-order chi connectivity index (χ1) is 15.1. The van der Waals surface area contributed by atoms with Crippen molar-refractivity contribution in [1.29, 1.82) is 0 Å². The van der Waals surface area contributed by atoms with Gasteiger partial charge in [0.1, 0.15) is 6.61 Å². The second kappa shape index (κ2) is 7.54. The van der Waals surface area contributed by atoms with Gasteiger partial charge in [0.15, 0.2) is 0 Å². The Morgan fingerprint density at radius 3 is 2.23 bits per heavy atom. The van der Waals surface area contributed by atoms with E-state index >= 15 is 0 Å². The van der Waals surface area contributed by atoms with Gasteiger partial charge in [-0.15, -0.1) is 0 Å². The number of hydrogen-bond donors (Lipinski definition) is 2. The zero-order chi connectivity index (χ0) is 21.4. The minimum Gasteiger partial charge on any atom is -0.481 e. The molecule has 0 aliphatic heterocycles. The summed E-state index contributed by atoms with van der Waals surface area (Å²) in [6.07, 6.45) is 3.41. The van der Waals surface area contributed by atoms with E-state index in [1.807, 2.05) is 30.3 Å². The number of aromatic nitrogens is 1. The Morgan fingerprint density at radius 2 is 1.65 bits per heavy atom. The topological polar surface area (TPSA) is 88.5 Å². The third kappa shape index (κ3) is 3.34. The van der Waals surface area contributed by atoms with Gasteiger partial charge >= 0.3 is 12.1 Å². The lowest BCUT2D eigenvalue weighted by Gasteiger charge is -2.46. The van der Waals surface area contributed by atoms with E-state index in [4.69, 9.17) is 4.74 Å². The summed E-state index contributed by atoms with van der Waals surface area (Å²) in [5, 5.41) is 12.3. The van der Waals surface area contributed by atoms with Crippen LogP contribution in [0.5, 0.6) is 0 Å². The first kappa shape index (κ1) is 19.3. The second-order valence-electron chi connectivity index (χ2n) is 8.22. The lowest BCUT2D eigenvalue weighted by atomic mass is 9.65. The Kier molecular flexibility index (Phi) is 4.70. The fourth-order valence-electron chi connectivity index (χ4n) is 4.84. The normalized spacial score (nSPS) is 21.5. The summed E-state index contributed by atoms with van der Waals surface area (Å²) in [7, 11) is 0. The lowest BCUT2D eigenvalue weighted by molar-refractivity contribution is -0.148. The number of nitrogens with one attached hydrogen (secondary N) is 1. The SMILES string of the molecule is O=C(NC1(c2cccnc2)CC(C(=O)O)C1)OCC1c2ccccc2-c2ccccc21. The summed E-state index contributed by atoms with van der Waals surface area (Å²) < 4.78 is 5.67. The number of ether oxygens (including phenoxy) is 1. The maximum absolute atomic E-state index is 12.8. The number of nitrogens with zero attached hydrogens (tertiary/aromatic N) is 1. The maximum atomic E-state index is 12.8. The highest BCUT2D eigenvalue weighted by Gasteiger charge is 2.50. The molecule has 1 saturated carbocycles. The quantitative estimate of drug-likeness (QED) is 0.649. The van der Waals surface area contributed by atoms with Gasteiger partial charge in [-0.25, -0.2) is 4.79 Å². The number of alkyl carbamates (subject to hydrolysis) is 1. The second-order valence-corrected chi connectivity index (χ2v) is 8.22. The number of amides is 1. The van der Waals surface area contributed by atoms with Gasteiger partial charge in [-0.05, 0) is 46.7 Å². The van der Waals surface area contributed by atoms with Gasteiger partial charge in [-0.1, -0.05) is 54.6 Å². The Morgan fingerprint density at radius 1 is 1.00 bits per heavy atom. The van der Waals surface area contributed by atoms with Crippen molar-refractivity contribution in [3.8, 4) is 11.1 Å². The van der Waals surface area contributed by atoms with Crippen LogP contribution in [0, 0.1) is 5.92 Å². The van der Waals surface area contributed by atoms with E-state index < -0.39 is 23.5 Å². The molecular weight excluding hydrogens is 392 g/mol. The van der Waals surface area contributed by atoms with Gasteiger partial charge in [-0.2, -0.15) is 0 Å². The average Bonchev–Trinajstić information content (AvgIpc) is 3.09. The van der Waals surface area contributed by atoms with Gasteiger partial charge < -0.3 is 15.2 Å². The summed E-state index contributed by atoms with van der Waals surface area (Å²) in [6.45, 7) is 0.214. The number of pyridine rings is 1. The Bertz CT molecular complexity index is 1090. The molecular formula is C25H22N2O4. The van der Waals surface area contributed by atoms with Crippen LogP contribution in [0.4, 0.5) is 4.79 Å².